The number of aromatic nitrogens is 1. The summed E-state index contributed by atoms with van der Waals surface area (Å²) in [7, 11) is 4.71. The van der Waals surface area contributed by atoms with E-state index in [0.717, 1.165) is 20.3 Å². The zero-order valence-electron chi connectivity index (χ0n) is 11.6. The lowest BCUT2D eigenvalue weighted by Gasteiger charge is -2.14. The number of thiophene rings is 1. The lowest BCUT2D eigenvalue weighted by atomic mass is 10.1. The maximum atomic E-state index is 12.5. The van der Waals surface area contributed by atoms with E-state index in [2.05, 4.69) is 0 Å². The normalized spacial score (nSPS) is 11.0. The fourth-order valence-electron chi connectivity index (χ4n) is 1.98. The van der Waals surface area contributed by atoms with E-state index >= 15 is 0 Å². The molecule has 0 spiro atoms. The lowest BCUT2D eigenvalue weighted by molar-refractivity contribution is -0.0758. The van der Waals surface area contributed by atoms with Gasteiger partial charge in [0, 0.05) is 25.2 Å². The highest BCUT2D eigenvalue weighted by molar-refractivity contribution is 7.18. The van der Waals surface area contributed by atoms with Crippen LogP contribution in [0.3, 0.4) is 0 Å². The number of amides is 1. The summed E-state index contributed by atoms with van der Waals surface area (Å²) in [5.41, 5.74) is 0.833. The van der Waals surface area contributed by atoms with Crippen molar-refractivity contribution in [1.29, 1.82) is 0 Å². The Morgan fingerprint density at radius 1 is 1.42 bits per heavy atom. The van der Waals surface area contributed by atoms with Gasteiger partial charge in [-0.1, -0.05) is 0 Å². The maximum Gasteiger partial charge on any atom is 0.282 e. The van der Waals surface area contributed by atoms with Crippen LogP contribution >= 0.6 is 11.3 Å². The van der Waals surface area contributed by atoms with Gasteiger partial charge >= 0.3 is 0 Å². The van der Waals surface area contributed by atoms with Crippen molar-refractivity contribution in [1.82, 2.24) is 9.63 Å². The summed E-state index contributed by atoms with van der Waals surface area (Å²) >= 11 is 1.56. The van der Waals surface area contributed by atoms with E-state index in [9.17, 15) is 9.59 Å². The van der Waals surface area contributed by atoms with Crippen molar-refractivity contribution in [3.63, 3.8) is 0 Å². The maximum absolute atomic E-state index is 12.5. The Balaban J connectivity index is 2.79. The predicted octanol–water partition coefficient (Wildman–Crippen LogP) is 1.85. The second-order valence-corrected chi connectivity index (χ2v) is 5.63. The summed E-state index contributed by atoms with van der Waals surface area (Å²) in [6.45, 7) is 3.88. The Morgan fingerprint density at radius 3 is 2.63 bits per heavy atom. The first kappa shape index (κ1) is 13.8. The van der Waals surface area contributed by atoms with Gasteiger partial charge < -0.3 is 4.57 Å². The molecule has 1 amide bonds. The Hall–Kier alpha value is -1.66. The van der Waals surface area contributed by atoms with Gasteiger partial charge in [-0.05, 0) is 19.4 Å². The highest BCUT2D eigenvalue weighted by atomic mass is 32.1. The summed E-state index contributed by atoms with van der Waals surface area (Å²) in [6, 6.07) is 0. The molecule has 2 heterocycles. The molecule has 19 heavy (non-hydrogen) atoms. The summed E-state index contributed by atoms with van der Waals surface area (Å²) in [5, 5.41) is 1.68. The van der Waals surface area contributed by atoms with Crippen molar-refractivity contribution < 1.29 is 9.63 Å². The highest BCUT2D eigenvalue weighted by Crippen LogP contribution is 2.27. The van der Waals surface area contributed by atoms with Crippen molar-refractivity contribution in [2.75, 3.05) is 14.2 Å². The van der Waals surface area contributed by atoms with Crippen LogP contribution in [-0.4, -0.2) is 29.7 Å². The molecule has 0 aliphatic heterocycles. The molecule has 0 saturated carbocycles. The first-order valence-electron chi connectivity index (χ1n) is 5.80. The minimum atomic E-state index is -0.437. The summed E-state index contributed by atoms with van der Waals surface area (Å²) in [5.74, 6) is -0.437. The molecule has 0 aliphatic rings. The number of hydroxylamine groups is 2. The van der Waals surface area contributed by atoms with E-state index in [-0.39, 0.29) is 11.0 Å². The van der Waals surface area contributed by atoms with Crippen LogP contribution in [0.4, 0.5) is 0 Å². The van der Waals surface area contributed by atoms with Gasteiger partial charge in [0.15, 0.2) is 0 Å². The van der Waals surface area contributed by atoms with Crippen LogP contribution < -0.4 is 5.43 Å². The van der Waals surface area contributed by atoms with Crippen molar-refractivity contribution in [2.24, 2.45) is 7.05 Å². The van der Waals surface area contributed by atoms with Gasteiger partial charge in [-0.2, -0.15) is 0 Å². The second kappa shape index (κ2) is 4.79. The van der Waals surface area contributed by atoms with Crippen LogP contribution in [0, 0.1) is 13.8 Å². The fraction of sp³-hybridized carbons (Fsp3) is 0.385. The molecule has 2 aromatic heterocycles. The zero-order chi connectivity index (χ0) is 14.3. The monoisotopic (exact) mass is 280 g/mol. The standard InChI is InChI=1S/C13H16N2O3S/c1-7-8(2)19-13-10(7)11(16)9(6-14(13)3)12(17)15(4)18-5/h6H,1-5H3. The number of hydrogen-bond donors (Lipinski definition) is 0. The zero-order valence-corrected chi connectivity index (χ0v) is 12.4. The fourth-order valence-corrected chi connectivity index (χ4v) is 3.06. The average molecular weight is 280 g/mol. The summed E-state index contributed by atoms with van der Waals surface area (Å²) in [6.07, 6.45) is 1.57. The number of fused-ring (bicyclic) bond motifs is 1. The highest BCUT2D eigenvalue weighted by Gasteiger charge is 2.20. The van der Waals surface area contributed by atoms with Crippen molar-refractivity contribution in [3.8, 4) is 0 Å². The summed E-state index contributed by atoms with van der Waals surface area (Å²) in [4.78, 5) is 31.4. The number of nitrogens with zero attached hydrogens (tertiary/aromatic N) is 2. The number of hydrogen-bond acceptors (Lipinski definition) is 4. The molecule has 0 atom stereocenters. The van der Waals surface area contributed by atoms with E-state index in [0.29, 0.717) is 5.39 Å². The Labute approximate surface area is 115 Å². The minimum absolute atomic E-state index is 0.125. The third-order valence-electron chi connectivity index (χ3n) is 3.27. The number of rotatable bonds is 2. The SMILES string of the molecule is CON(C)C(=O)c1cn(C)c2sc(C)c(C)c2c1=O. The van der Waals surface area contributed by atoms with E-state index in [1.165, 1.54) is 14.2 Å². The third-order valence-corrected chi connectivity index (χ3v) is 4.57. The third kappa shape index (κ3) is 2.06. The smallest absolute Gasteiger partial charge is 0.282 e. The largest absolute Gasteiger partial charge is 0.341 e. The second-order valence-electron chi connectivity index (χ2n) is 4.43. The van der Waals surface area contributed by atoms with Crippen molar-refractivity contribution in [2.45, 2.75) is 13.8 Å². The molecule has 0 aliphatic carbocycles. The molecule has 102 valence electrons. The predicted molar refractivity (Wildman–Crippen MR) is 75.6 cm³/mol. The molecule has 0 N–H and O–H groups in total. The number of pyridine rings is 1. The van der Waals surface area contributed by atoms with Crippen LogP contribution in [0.15, 0.2) is 11.0 Å². The van der Waals surface area contributed by atoms with Crippen LogP contribution in [0.2, 0.25) is 0 Å². The van der Waals surface area contributed by atoms with E-state index in [4.69, 9.17) is 4.84 Å². The molecule has 2 aromatic rings. The van der Waals surface area contributed by atoms with E-state index in [1.54, 1.807) is 17.5 Å². The van der Waals surface area contributed by atoms with E-state index < -0.39 is 5.91 Å². The van der Waals surface area contributed by atoms with Gasteiger partial charge in [-0.15, -0.1) is 11.3 Å². The average Bonchev–Trinajstić information content (AvgIpc) is 2.69. The molecule has 0 fully saturated rings. The van der Waals surface area contributed by atoms with Gasteiger partial charge in [0.2, 0.25) is 5.43 Å². The van der Waals surface area contributed by atoms with Crippen LogP contribution in [-0.2, 0) is 11.9 Å². The number of carbonyl (C=O) groups is 1. The van der Waals surface area contributed by atoms with Gasteiger partial charge in [0.05, 0.1) is 12.5 Å². The van der Waals surface area contributed by atoms with Gasteiger partial charge in [0.25, 0.3) is 5.91 Å². The van der Waals surface area contributed by atoms with Crippen molar-refractivity contribution in [3.05, 3.63) is 32.4 Å². The molecule has 0 bridgehead atoms. The minimum Gasteiger partial charge on any atom is -0.341 e. The van der Waals surface area contributed by atoms with Crippen LogP contribution in [0.1, 0.15) is 20.8 Å². The molecule has 2 rings (SSSR count). The Morgan fingerprint density at radius 2 is 2.05 bits per heavy atom. The Bertz CT molecular complexity index is 715. The Kier molecular flexibility index (Phi) is 3.47. The van der Waals surface area contributed by atoms with E-state index in [1.807, 2.05) is 25.5 Å². The molecular formula is C13H16N2O3S. The summed E-state index contributed by atoms with van der Waals surface area (Å²) < 4.78 is 1.82. The van der Waals surface area contributed by atoms with Crippen molar-refractivity contribution >= 4 is 27.5 Å². The first-order chi connectivity index (χ1) is 8.88. The number of carbonyl (C=O) groups excluding carboxylic acids is 1. The van der Waals surface area contributed by atoms with Gasteiger partial charge in [-0.3, -0.25) is 14.4 Å². The first-order valence-corrected chi connectivity index (χ1v) is 6.61. The van der Waals surface area contributed by atoms with Crippen LogP contribution in [0.25, 0.3) is 10.2 Å². The van der Waals surface area contributed by atoms with Gasteiger partial charge in [-0.25, -0.2) is 5.06 Å². The quantitative estimate of drug-likeness (QED) is 0.789. The molecule has 6 heteroatoms. The molecule has 5 nitrogen and oxygen atoms in total. The lowest BCUT2D eigenvalue weighted by Crippen LogP contribution is -2.30. The molecule has 0 radical (unpaired) electrons. The molecule has 0 aromatic carbocycles. The molecule has 0 unspecified atom stereocenters. The van der Waals surface area contributed by atoms with Crippen LogP contribution in [0.5, 0.6) is 0 Å². The van der Waals surface area contributed by atoms with Gasteiger partial charge in [0.1, 0.15) is 10.4 Å². The topological polar surface area (TPSA) is 51.5 Å². The molecule has 0 saturated heterocycles. The molecular weight excluding hydrogens is 264 g/mol. The number of aryl methyl sites for hydroxylation is 3.